The van der Waals surface area contributed by atoms with Gasteiger partial charge in [0.15, 0.2) is 23.1 Å². The molecule has 2 N–H and O–H groups in total. The van der Waals surface area contributed by atoms with Crippen LogP contribution in [0.3, 0.4) is 0 Å². The van der Waals surface area contributed by atoms with Crippen molar-refractivity contribution in [1.82, 2.24) is 9.97 Å². The molecular formula is C19H13BrCl2FN3O3. The van der Waals surface area contributed by atoms with E-state index in [1.54, 1.807) is 12.1 Å². The first-order valence-electron chi connectivity index (χ1n) is 8.09. The molecule has 0 atom stereocenters. The molecule has 0 amide bonds. The molecule has 1 heterocycles. The summed E-state index contributed by atoms with van der Waals surface area (Å²) in [7, 11) is 1.27. The van der Waals surface area contributed by atoms with Crippen LogP contribution in [-0.4, -0.2) is 23.0 Å². The number of methoxy groups -OCH3 is 1. The van der Waals surface area contributed by atoms with E-state index in [9.17, 15) is 9.18 Å². The zero-order chi connectivity index (χ0) is 21.1. The number of aromatic nitrogens is 2. The summed E-state index contributed by atoms with van der Waals surface area (Å²) >= 11 is 15.4. The van der Waals surface area contributed by atoms with E-state index in [2.05, 4.69) is 25.9 Å². The molecule has 0 aliphatic rings. The minimum absolute atomic E-state index is 0.0288. The quantitative estimate of drug-likeness (QED) is 0.478. The highest BCUT2D eigenvalue weighted by Crippen LogP contribution is 2.35. The van der Waals surface area contributed by atoms with Gasteiger partial charge >= 0.3 is 5.97 Å². The Morgan fingerprint density at radius 2 is 1.93 bits per heavy atom. The smallest absolute Gasteiger partial charge is 0.359 e. The van der Waals surface area contributed by atoms with Crippen molar-refractivity contribution in [3.05, 3.63) is 68.0 Å². The maximum atomic E-state index is 14.7. The molecule has 0 aliphatic carbocycles. The van der Waals surface area contributed by atoms with Crippen LogP contribution in [0.25, 0.3) is 11.4 Å². The van der Waals surface area contributed by atoms with Gasteiger partial charge in [0.1, 0.15) is 17.4 Å². The molecule has 0 fully saturated rings. The standard InChI is InChI=1S/C19H13BrCl2FN3O3/c1-28-16-12(21)7-6-10(14(16)23)18-25-15(13(22)17(24)26-18)19(27)29-8-9-4-2-3-5-11(9)20/h2-7H,8H2,1H3,(H2,24,25,26). The van der Waals surface area contributed by atoms with Gasteiger partial charge < -0.3 is 15.2 Å². The van der Waals surface area contributed by atoms with E-state index in [0.29, 0.717) is 0 Å². The van der Waals surface area contributed by atoms with Gasteiger partial charge in [0.25, 0.3) is 0 Å². The second-order valence-electron chi connectivity index (χ2n) is 5.70. The summed E-state index contributed by atoms with van der Waals surface area (Å²) < 4.78 is 25.7. The third-order valence-electron chi connectivity index (χ3n) is 3.88. The van der Waals surface area contributed by atoms with E-state index in [-0.39, 0.29) is 45.3 Å². The Kier molecular flexibility index (Phi) is 6.56. The molecule has 29 heavy (non-hydrogen) atoms. The highest BCUT2D eigenvalue weighted by Gasteiger charge is 2.23. The lowest BCUT2D eigenvalue weighted by molar-refractivity contribution is 0.0465. The van der Waals surface area contributed by atoms with E-state index in [1.807, 2.05) is 12.1 Å². The van der Waals surface area contributed by atoms with Crippen LogP contribution < -0.4 is 10.5 Å². The molecule has 0 spiro atoms. The maximum absolute atomic E-state index is 14.7. The van der Waals surface area contributed by atoms with Crippen LogP contribution in [0, 0.1) is 5.82 Å². The largest absolute Gasteiger partial charge is 0.492 e. The van der Waals surface area contributed by atoms with E-state index in [1.165, 1.54) is 19.2 Å². The number of benzene rings is 2. The molecule has 0 unspecified atom stereocenters. The van der Waals surface area contributed by atoms with Crippen molar-refractivity contribution in [2.45, 2.75) is 6.61 Å². The van der Waals surface area contributed by atoms with Gasteiger partial charge in [-0.05, 0) is 18.2 Å². The summed E-state index contributed by atoms with van der Waals surface area (Å²) in [6.45, 7) is -0.0288. The van der Waals surface area contributed by atoms with Gasteiger partial charge in [0.05, 0.1) is 17.7 Å². The summed E-state index contributed by atoms with van der Waals surface area (Å²) in [4.78, 5) is 20.6. The number of rotatable bonds is 5. The Hall–Kier alpha value is -2.42. The molecule has 3 aromatic rings. The average Bonchev–Trinajstić information content (AvgIpc) is 2.69. The average molecular weight is 501 g/mol. The molecule has 10 heteroatoms. The molecule has 6 nitrogen and oxygen atoms in total. The third kappa shape index (κ3) is 4.44. The van der Waals surface area contributed by atoms with Crippen LogP contribution >= 0.6 is 39.1 Å². The first-order valence-corrected chi connectivity index (χ1v) is 9.64. The normalized spacial score (nSPS) is 10.7. The fourth-order valence-electron chi connectivity index (χ4n) is 2.44. The highest BCUT2D eigenvalue weighted by molar-refractivity contribution is 9.10. The van der Waals surface area contributed by atoms with Crippen LogP contribution in [0.4, 0.5) is 10.2 Å². The van der Waals surface area contributed by atoms with E-state index >= 15 is 0 Å². The van der Waals surface area contributed by atoms with Crippen molar-refractivity contribution in [1.29, 1.82) is 0 Å². The number of hydrogen-bond donors (Lipinski definition) is 1. The number of anilines is 1. The zero-order valence-electron chi connectivity index (χ0n) is 14.9. The van der Waals surface area contributed by atoms with Gasteiger partial charge in [-0.25, -0.2) is 19.2 Å². The van der Waals surface area contributed by atoms with Crippen molar-refractivity contribution in [2.24, 2.45) is 0 Å². The van der Waals surface area contributed by atoms with Crippen molar-refractivity contribution in [3.63, 3.8) is 0 Å². The van der Waals surface area contributed by atoms with Gasteiger partial charge in [-0.3, -0.25) is 0 Å². The molecule has 0 radical (unpaired) electrons. The number of carbonyl (C=O) groups excluding carboxylic acids is 1. The minimum atomic E-state index is -0.831. The van der Waals surface area contributed by atoms with Crippen molar-refractivity contribution in [2.75, 3.05) is 12.8 Å². The Bertz CT molecular complexity index is 1100. The van der Waals surface area contributed by atoms with Crippen LogP contribution in [0.15, 0.2) is 40.9 Å². The van der Waals surface area contributed by atoms with E-state index in [4.69, 9.17) is 38.4 Å². The fourth-order valence-corrected chi connectivity index (χ4v) is 3.22. The van der Waals surface area contributed by atoms with Gasteiger partial charge in [0, 0.05) is 10.0 Å². The van der Waals surface area contributed by atoms with Crippen LogP contribution in [0.1, 0.15) is 16.1 Å². The van der Waals surface area contributed by atoms with Gasteiger partial charge in [-0.15, -0.1) is 0 Å². The first-order chi connectivity index (χ1) is 13.8. The Balaban J connectivity index is 1.96. The molecule has 0 aliphatic heterocycles. The Morgan fingerprint density at radius 3 is 2.62 bits per heavy atom. The van der Waals surface area contributed by atoms with Crippen LogP contribution in [0.2, 0.25) is 10.0 Å². The SMILES string of the molecule is COc1c(Cl)ccc(-c2nc(N)c(Cl)c(C(=O)OCc3ccccc3Br)n2)c1F. The van der Waals surface area contributed by atoms with Crippen molar-refractivity contribution in [3.8, 4) is 17.1 Å². The number of nitrogens with two attached hydrogens (primary N) is 1. The number of ether oxygens (including phenoxy) is 2. The number of esters is 1. The summed E-state index contributed by atoms with van der Waals surface area (Å²) in [5, 5.41) is -0.115. The number of halogens is 4. The van der Waals surface area contributed by atoms with E-state index in [0.717, 1.165) is 10.0 Å². The summed E-state index contributed by atoms with van der Waals surface area (Å²) in [6.07, 6.45) is 0. The Labute approximate surface area is 183 Å². The van der Waals surface area contributed by atoms with Gasteiger partial charge in [-0.1, -0.05) is 57.3 Å². The predicted molar refractivity (Wildman–Crippen MR) is 112 cm³/mol. The third-order valence-corrected chi connectivity index (χ3v) is 5.32. The molecule has 0 saturated heterocycles. The maximum Gasteiger partial charge on any atom is 0.359 e. The summed E-state index contributed by atoms with van der Waals surface area (Å²) in [6, 6.07) is 10.00. The molecule has 1 aromatic heterocycles. The fraction of sp³-hybridized carbons (Fsp3) is 0.105. The topological polar surface area (TPSA) is 87.3 Å². The van der Waals surface area contributed by atoms with Gasteiger partial charge in [0.2, 0.25) is 0 Å². The first kappa shape index (κ1) is 21.3. The number of hydrogen-bond acceptors (Lipinski definition) is 6. The summed E-state index contributed by atoms with van der Waals surface area (Å²) in [5.74, 6) is -2.17. The molecule has 0 saturated carbocycles. The second-order valence-corrected chi connectivity index (χ2v) is 7.34. The molecule has 0 bridgehead atoms. The minimum Gasteiger partial charge on any atom is -0.492 e. The lowest BCUT2D eigenvalue weighted by Crippen LogP contribution is -2.12. The van der Waals surface area contributed by atoms with E-state index < -0.39 is 11.8 Å². The number of nitrogens with zero attached hydrogens (tertiary/aromatic N) is 2. The van der Waals surface area contributed by atoms with Gasteiger partial charge in [-0.2, -0.15) is 0 Å². The molecule has 3 rings (SSSR count). The monoisotopic (exact) mass is 499 g/mol. The molecule has 150 valence electrons. The zero-order valence-corrected chi connectivity index (χ0v) is 18.0. The highest BCUT2D eigenvalue weighted by atomic mass is 79.9. The lowest BCUT2D eigenvalue weighted by Gasteiger charge is -2.12. The molecular weight excluding hydrogens is 488 g/mol. The number of nitrogen functional groups attached to an aromatic ring is 1. The van der Waals surface area contributed by atoms with Crippen LogP contribution in [-0.2, 0) is 11.3 Å². The van der Waals surface area contributed by atoms with Crippen molar-refractivity contribution < 1.29 is 18.7 Å². The predicted octanol–water partition coefficient (Wildman–Crippen LogP) is 5.30. The van der Waals surface area contributed by atoms with Crippen LogP contribution in [0.5, 0.6) is 5.75 Å². The second kappa shape index (κ2) is 8.94. The summed E-state index contributed by atoms with van der Waals surface area (Å²) in [5.41, 5.74) is 6.20. The lowest BCUT2D eigenvalue weighted by atomic mass is 10.1. The van der Waals surface area contributed by atoms with Crippen molar-refractivity contribution >= 4 is 50.9 Å². The molecule has 2 aromatic carbocycles. The Morgan fingerprint density at radius 1 is 1.21 bits per heavy atom. The number of carbonyl (C=O) groups is 1.